The van der Waals surface area contributed by atoms with E-state index in [9.17, 15) is 14.7 Å². The Morgan fingerprint density at radius 2 is 1.54 bits per heavy atom. The van der Waals surface area contributed by atoms with Crippen molar-refractivity contribution in [1.29, 1.82) is 0 Å². The number of amides is 1. The second kappa shape index (κ2) is 11.6. The van der Waals surface area contributed by atoms with Crippen molar-refractivity contribution in [3.05, 3.63) is 82.9 Å². The van der Waals surface area contributed by atoms with Crippen LogP contribution >= 0.6 is 0 Å². The molecule has 3 aromatic rings. The van der Waals surface area contributed by atoms with Gasteiger partial charge in [0.25, 0.3) is 5.91 Å². The highest BCUT2D eigenvalue weighted by atomic mass is 16.5. The lowest BCUT2D eigenvalue weighted by Crippen LogP contribution is -2.26. The first-order valence-electron chi connectivity index (χ1n) is 11.8. The number of phenolic OH excluding ortho intramolecular Hbond substituents is 1. The minimum atomic E-state index is -0.948. The van der Waals surface area contributed by atoms with Gasteiger partial charge < -0.3 is 20.3 Å². The fraction of sp³-hybridized carbons (Fsp3) is 0.310. The van der Waals surface area contributed by atoms with E-state index in [0.29, 0.717) is 11.5 Å². The third-order valence-corrected chi connectivity index (χ3v) is 5.80. The molecule has 35 heavy (non-hydrogen) atoms. The minimum Gasteiger partial charge on any atom is -0.508 e. The molecule has 6 heteroatoms. The van der Waals surface area contributed by atoms with Crippen LogP contribution in [0.2, 0.25) is 0 Å². The number of aliphatic carboxylic acids is 1. The third kappa shape index (κ3) is 7.09. The Morgan fingerprint density at radius 3 is 2.09 bits per heavy atom. The summed E-state index contributed by atoms with van der Waals surface area (Å²) >= 11 is 0. The van der Waals surface area contributed by atoms with Crippen LogP contribution in [-0.2, 0) is 4.79 Å². The fourth-order valence-electron chi connectivity index (χ4n) is 4.15. The fourth-order valence-corrected chi connectivity index (χ4v) is 4.15. The van der Waals surface area contributed by atoms with Gasteiger partial charge >= 0.3 is 5.97 Å². The van der Waals surface area contributed by atoms with Crippen LogP contribution in [0.15, 0.2) is 60.7 Å². The van der Waals surface area contributed by atoms with E-state index in [2.05, 4.69) is 33.0 Å². The molecule has 0 aromatic heterocycles. The number of carbonyl (C=O) groups excluding carboxylic acids is 1. The molecule has 6 nitrogen and oxygen atoms in total. The van der Waals surface area contributed by atoms with Gasteiger partial charge in [-0.1, -0.05) is 38.1 Å². The predicted molar refractivity (Wildman–Crippen MR) is 137 cm³/mol. The van der Waals surface area contributed by atoms with Gasteiger partial charge in [0.05, 0.1) is 6.42 Å². The smallest absolute Gasteiger partial charge is 0.305 e. The van der Waals surface area contributed by atoms with Crippen LogP contribution in [0.3, 0.4) is 0 Å². The molecule has 0 aliphatic carbocycles. The number of benzene rings is 3. The second-order valence-corrected chi connectivity index (χ2v) is 9.24. The maximum atomic E-state index is 12.3. The zero-order valence-electron chi connectivity index (χ0n) is 20.7. The minimum absolute atomic E-state index is 0.0911. The second-order valence-electron chi connectivity index (χ2n) is 9.24. The number of carboxylic acid groups (broad SMARTS) is 1. The molecular weight excluding hydrogens is 442 g/mol. The van der Waals surface area contributed by atoms with Gasteiger partial charge in [-0.25, -0.2) is 0 Å². The van der Waals surface area contributed by atoms with Gasteiger partial charge in [-0.15, -0.1) is 0 Å². The molecule has 3 aromatic carbocycles. The maximum absolute atomic E-state index is 12.3. The SMILES string of the molecule is Cc1cc(OC(CC(C)C)c2ccc(C(=O)NCCC(=O)O)cc2)cc(C)c1-c1ccc(O)cc1. The molecule has 184 valence electrons. The van der Waals surface area contributed by atoms with Crippen molar-refractivity contribution in [2.45, 2.75) is 46.6 Å². The predicted octanol–water partition coefficient (Wildman–Crippen LogP) is 6.05. The van der Waals surface area contributed by atoms with E-state index in [1.165, 1.54) is 0 Å². The van der Waals surface area contributed by atoms with Crippen LogP contribution < -0.4 is 10.1 Å². The zero-order valence-corrected chi connectivity index (χ0v) is 20.7. The van der Waals surface area contributed by atoms with Crippen molar-refractivity contribution in [2.75, 3.05) is 6.54 Å². The van der Waals surface area contributed by atoms with E-state index in [4.69, 9.17) is 9.84 Å². The topological polar surface area (TPSA) is 95.9 Å². The van der Waals surface area contributed by atoms with Crippen molar-refractivity contribution < 1.29 is 24.5 Å². The largest absolute Gasteiger partial charge is 0.508 e. The number of phenols is 1. The summed E-state index contributed by atoms with van der Waals surface area (Å²) in [7, 11) is 0. The lowest BCUT2D eigenvalue weighted by molar-refractivity contribution is -0.136. The summed E-state index contributed by atoms with van der Waals surface area (Å²) in [4.78, 5) is 22.9. The molecule has 0 aliphatic rings. The van der Waals surface area contributed by atoms with Gasteiger partial charge in [0.15, 0.2) is 0 Å². The Bertz CT molecular complexity index is 1140. The number of aromatic hydroxyl groups is 1. The Hall–Kier alpha value is -3.80. The summed E-state index contributed by atoms with van der Waals surface area (Å²) in [5, 5.41) is 21.0. The van der Waals surface area contributed by atoms with Crippen LogP contribution in [0.25, 0.3) is 11.1 Å². The van der Waals surface area contributed by atoms with Crippen LogP contribution in [0, 0.1) is 19.8 Å². The standard InChI is InChI=1S/C29H33NO5/c1-18(2)15-26(21-5-7-23(8-6-21)29(34)30-14-13-27(32)33)35-25-16-19(3)28(20(4)17-25)22-9-11-24(31)12-10-22/h5-12,16-18,26,31H,13-15H2,1-4H3,(H,30,34)(H,32,33). The molecule has 3 N–H and O–H groups in total. The third-order valence-electron chi connectivity index (χ3n) is 5.80. The number of hydrogen-bond donors (Lipinski definition) is 3. The molecule has 1 unspecified atom stereocenters. The average molecular weight is 476 g/mol. The van der Waals surface area contributed by atoms with Gasteiger partial charge in [-0.3, -0.25) is 9.59 Å². The van der Waals surface area contributed by atoms with Gasteiger partial charge in [-0.2, -0.15) is 0 Å². The number of hydrogen-bond acceptors (Lipinski definition) is 4. The maximum Gasteiger partial charge on any atom is 0.305 e. The molecule has 0 radical (unpaired) electrons. The molecule has 0 fully saturated rings. The van der Waals surface area contributed by atoms with Crippen LogP contribution in [0.4, 0.5) is 0 Å². The lowest BCUT2D eigenvalue weighted by Gasteiger charge is -2.23. The van der Waals surface area contributed by atoms with Crippen LogP contribution in [-0.4, -0.2) is 28.6 Å². The Balaban J connectivity index is 1.79. The highest BCUT2D eigenvalue weighted by Crippen LogP contribution is 2.35. The number of ether oxygens (including phenoxy) is 1. The molecule has 1 amide bonds. The average Bonchev–Trinajstić information content (AvgIpc) is 2.79. The summed E-state index contributed by atoms with van der Waals surface area (Å²) in [6.45, 7) is 8.48. The van der Waals surface area contributed by atoms with Crippen molar-refractivity contribution in [3.8, 4) is 22.6 Å². The number of nitrogens with one attached hydrogen (secondary N) is 1. The molecule has 0 bridgehead atoms. The van der Waals surface area contributed by atoms with Crippen molar-refractivity contribution in [3.63, 3.8) is 0 Å². The molecular formula is C29H33NO5. The first-order chi connectivity index (χ1) is 16.6. The molecule has 0 heterocycles. The molecule has 0 aliphatic heterocycles. The number of aryl methyl sites for hydroxylation is 2. The van der Waals surface area contributed by atoms with E-state index in [0.717, 1.165) is 40.0 Å². The number of carbonyl (C=O) groups is 2. The monoisotopic (exact) mass is 475 g/mol. The van der Waals surface area contributed by atoms with Crippen LogP contribution in [0.5, 0.6) is 11.5 Å². The summed E-state index contributed by atoms with van der Waals surface area (Å²) in [5.41, 5.74) is 5.78. The highest BCUT2D eigenvalue weighted by Gasteiger charge is 2.18. The molecule has 3 rings (SSSR count). The van der Waals surface area contributed by atoms with E-state index >= 15 is 0 Å². The highest BCUT2D eigenvalue weighted by molar-refractivity contribution is 5.94. The number of carboxylic acids is 1. The summed E-state index contributed by atoms with van der Waals surface area (Å²) < 4.78 is 6.47. The van der Waals surface area contributed by atoms with E-state index < -0.39 is 5.97 Å². The van der Waals surface area contributed by atoms with Gasteiger partial charge in [0.2, 0.25) is 0 Å². The molecule has 0 saturated heterocycles. The van der Waals surface area contributed by atoms with Gasteiger partial charge in [0.1, 0.15) is 17.6 Å². The first-order valence-corrected chi connectivity index (χ1v) is 11.8. The Labute approximate surface area is 206 Å². The molecule has 1 atom stereocenters. The van der Waals surface area contributed by atoms with Crippen molar-refractivity contribution >= 4 is 11.9 Å². The van der Waals surface area contributed by atoms with Gasteiger partial charge in [0, 0.05) is 12.1 Å². The Morgan fingerprint density at radius 1 is 0.943 bits per heavy atom. The summed E-state index contributed by atoms with van der Waals surface area (Å²) in [6, 6.07) is 18.5. The normalized spacial score (nSPS) is 11.8. The lowest BCUT2D eigenvalue weighted by atomic mass is 9.95. The van der Waals surface area contributed by atoms with Crippen molar-refractivity contribution in [2.24, 2.45) is 5.92 Å². The van der Waals surface area contributed by atoms with E-state index in [1.807, 2.05) is 36.4 Å². The summed E-state index contributed by atoms with van der Waals surface area (Å²) in [5.74, 6) is 0.177. The van der Waals surface area contributed by atoms with Crippen LogP contribution in [0.1, 0.15) is 59.8 Å². The van der Waals surface area contributed by atoms with E-state index in [-0.39, 0.29) is 30.7 Å². The quantitative estimate of drug-likeness (QED) is 0.332. The van der Waals surface area contributed by atoms with Crippen molar-refractivity contribution in [1.82, 2.24) is 5.32 Å². The first kappa shape index (κ1) is 25.8. The zero-order chi connectivity index (χ0) is 25.5. The molecule has 0 spiro atoms. The van der Waals surface area contributed by atoms with Gasteiger partial charge in [-0.05, 0) is 90.4 Å². The summed E-state index contributed by atoms with van der Waals surface area (Å²) in [6.07, 6.45) is 0.512. The van der Waals surface area contributed by atoms with E-state index in [1.54, 1.807) is 24.3 Å². The molecule has 0 saturated carbocycles. The number of rotatable bonds is 10. The Kier molecular flexibility index (Phi) is 8.53.